The van der Waals surface area contributed by atoms with E-state index in [1.165, 1.54) is 12.8 Å². The molecule has 0 aromatic carbocycles. The predicted octanol–water partition coefficient (Wildman–Crippen LogP) is 3.57. The molecule has 0 aromatic rings. The number of hydrogen-bond donors (Lipinski definition) is 0. The van der Waals surface area contributed by atoms with Crippen molar-refractivity contribution in [3.63, 3.8) is 0 Å². The molecule has 0 heterocycles. The van der Waals surface area contributed by atoms with Gasteiger partial charge >= 0.3 is 0 Å². The van der Waals surface area contributed by atoms with Gasteiger partial charge in [0.1, 0.15) is 5.78 Å². The lowest BCUT2D eigenvalue weighted by atomic mass is 9.80. The smallest absolute Gasteiger partial charge is 0.135 e. The van der Waals surface area contributed by atoms with E-state index in [1.54, 1.807) is 0 Å². The zero-order valence-electron chi connectivity index (χ0n) is 9.01. The molecule has 0 N–H and O–H groups in total. The van der Waals surface area contributed by atoms with Crippen LogP contribution in [-0.2, 0) is 4.79 Å². The van der Waals surface area contributed by atoms with Gasteiger partial charge in [-0.15, -0.1) is 0 Å². The predicted molar refractivity (Wildman–Crippen MR) is 55.7 cm³/mol. The van der Waals surface area contributed by atoms with Crippen molar-refractivity contribution in [1.29, 1.82) is 0 Å². The van der Waals surface area contributed by atoms with Gasteiger partial charge in [0, 0.05) is 12.3 Å². The van der Waals surface area contributed by atoms with Crippen molar-refractivity contribution in [2.45, 2.75) is 58.8 Å². The van der Waals surface area contributed by atoms with Gasteiger partial charge in [0.05, 0.1) is 0 Å². The van der Waals surface area contributed by atoms with E-state index in [4.69, 9.17) is 0 Å². The zero-order chi connectivity index (χ0) is 9.68. The number of Topliss-reactive ketones (excluding diaryl/α,β-unsaturated/α-hetero) is 1. The molecule has 1 nitrogen and oxygen atoms in total. The van der Waals surface area contributed by atoms with E-state index < -0.39 is 0 Å². The van der Waals surface area contributed by atoms with E-state index in [-0.39, 0.29) is 0 Å². The Kier molecular flexibility index (Phi) is 4.47. The summed E-state index contributed by atoms with van der Waals surface area (Å²) in [4.78, 5) is 11.7. The highest BCUT2D eigenvalue weighted by molar-refractivity contribution is 5.80. The van der Waals surface area contributed by atoms with Crippen molar-refractivity contribution in [3.05, 3.63) is 0 Å². The van der Waals surface area contributed by atoms with Crippen LogP contribution in [0.3, 0.4) is 0 Å². The maximum Gasteiger partial charge on any atom is 0.135 e. The third-order valence-electron chi connectivity index (χ3n) is 3.25. The Hall–Kier alpha value is -0.330. The summed E-state index contributed by atoms with van der Waals surface area (Å²) >= 11 is 0. The Morgan fingerprint density at radius 3 is 2.38 bits per heavy atom. The minimum Gasteiger partial charge on any atom is -0.299 e. The lowest BCUT2D eigenvalue weighted by Crippen LogP contribution is -2.20. The number of unbranched alkanes of at least 4 members (excludes halogenated alkanes) is 1. The Bertz CT molecular complexity index is 155. The van der Waals surface area contributed by atoms with E-state index in [1.807, 2.05) is 0 Å². The van der Waals surface area contributed by atoms with Gasteiger partial charge in [0.2, 0.25) is 0 Å². The topological polar surface area (TPSA) is 17.1 Å². The van der Waals surface area contributed by atoms with E-state index >= 15 is 0 Å². The normalized spacial score (nSPS) is 28.8. The van der Waals surface area contributed by atoms with Gasteiger partial charge in [-0.1, -0.05) is 33.1 Å². The molecule has 0 radical (unpaired) electrons. The second-order valence-electron chi connectivity index (χ2n) is 4.53. The summed E-state index contributed by atoms with van der Waals surface area (Å²) in [6.07, 6.45) is 7.91. The van der Waals surface area contributed by atoms with E-state index in [9.17, 15) is 4.79 Å². The summed E-state index contributed by atoms with van der Waals surface area (Å²) in [7, 11) is 0. The summed E-state index contributed by atoms with van der Waals surface area (Å²) < 4.78 is 0. The number of ketones is 1. The van der Waals surface area contributed by atoms with Crippen LogP contribution in [-0.4, -0.2) is 5.78 Å². The first-order valence-electron chi connectivity index (χ1n) is 5.76. The zero-order valence-corrected chi connectivity index (χ0v) is 9.01. The standard InChI is InChI=1S/C12H22O/c1-3-4-5-12(13)11-8-6-10(2)7-9-11/h10-11H,3-9H2,1-2H3. The second-order valence-corrected chi connectivity index (χ2v) is 4.53. The van der Waals surface area contributed by atoms with Crippen molar-refractivity contribution in [2.24, 2.45) is 11.8 Å². The average Bonchev–Trinajstić information content (AvgIpc) is 2.15. The molecule has 76 valence electrons. The molecule has 0 bridgehead atoms. The molecule has 1 fully saturated rings. The number of carbonyl (C=O) groups excluding carboxylic acids is 1. The molecular formula is C12H22O. The Morgan fingerprint density at radius 2 is 1.85 bits per heavy atom. The van der Waals surface area contributed by atoms with E-state index in [0.29, 0.717) is 11.7 Å². The molecule has 0 atom stereocenters. The summed E-state index contributed by atoms with van der Waals surface area (Å²) in [5, 5.41) is 0. The number of hydrogen-bond acceptors (Lipinski definition) is 1. The lowest BCUT2D eigenvalue weighted by Gasteiger charge is -2.24. The molecule has 0 unspecified atom stereocenters. The summed E-state index contributed by atoms with van der Waals surface area (Å²) in [6, 6.07) is 0. The molecule has 1 aliphatic carbocycles. The molecule has 0 aliphatic heterocycles. The Balaban J connectivity index is 2.23. The third kappa shape index (κ3) is 3.50. The molecule has 1 heteroatoms. The van der Waals surface area contributed by atoms with E-state index in [0.717, 1.165) is 38.0 Å². The molecule has 13 heavy (non-hydrogen) atoms. The molecule has 1 saturated carbocycles. The fourth-order valence-electron chi connectivity index (χ4n) is 2.14. The first-order valence-corrected chi connectivity index (χ1v) is 5.76. The van der Waals surface area contributed by atoms with Gasteiger partial charge in [-0.3, -0.25) is 4.79 Å². The van der Waals surface area contributed by atoms with Crippen LogP contribution in [0.15, 0.2) is 0 Å². The first-order chi connectivity index (χ1) is 6.24. The molecule has 0 aromatic heterocycles. The summed E-state index contributed by atoms with van der Waals surface area (Å²) in [6.45, 7) is 4.45. The molecule has 0 spiro atoms. The monoisotopic (exact) mass is 182 g/mol. The van der Waals surface area contributed by atoms with Gasteiger partial charge in [-0.2, -0.15) is 0 Å². The van der Waals surface area contributed by atoms with Crippen molar-refractivity contribution in [3.8, 4) is 0 Å². The average molecular weight is 182 g/mol. The molecule has 0 saturated heterocycles. The van der Waals surface area contributed by atoms with Crippen LogP contribution in [0.5, 0.6) is 0 Å². The number of carbonyl (C=O) groups is 1. The van der Waals surface area contributed by atoms with Crippen LogP contribution < -0.4 is 0 Å². The van der Waals surface area contributed by atoms with Crippen LogP contribution in [0.25, 0.3) is 0 Å². The van der Waals surface area contributed by atoms with Crippen molar-refractivity contribution in [1.82, 2.24) is 0 Å². The lowest BCUT2D eigenvalue weighted by molar-refractivity contribution is -0.124. The minimum absolute atomic E-state index is 0.419. The van der Waals surface area contributed by atoms with Gasteiger partial charge in [-0.25, -0.2) is 0 Å². The van der Waals surface area contributed by atoms with Crippen LogP contribution in [0, 0.1) is 11.8 Å². The van der Waals surface area contributed by atoms with Crippen LogP contribution in [0.1, 0.15) is 58.8 Å². The maximum atomic E-state index is 11.7. The highest BCUT2D eigenvalue weighted by Crippen LogP contribution is 2.29. The first kappa shape index (κ1) is 10.7. The molecule has 1 aliphatic rings. The Morgan fingerprint density at radius 1 is 1.23 bits per heavy atom. The summed E-state index contributed by atoms with van der Waals surface area (Å²) in [5.41, 5.74) is 0. The second kappa shape index (κ2) is 5.41. The van der Waals surface area contributed by atoms with Crippen LogP contribution in [0.2, 0.25) is 0 Å². The van der Waals surface area contributed by atoms with Gasteiger partial charge in [0.25, 0.3) is 0 Å². The molecule has 0 amide bonds. The van der Waals surface area contributed by atoms with Gasteiger partial charge in [0.15, 0.2) is 0 Å². The SMILES string of the molecule is CCCCC(=O)C1CCC(C)CC1. The molecule has 1 rings (SSSR count). The number of rotatable bonds is 4. The molecular weight excluding hydrogens is 160 g/mol. The maximum absolute atomic E-state index is 11.7. The minimum atomic E-state index is 0.419. The highest BCUT2D eigenvalue weighted by Gasteiger charge is 2.23. The fourth-order valence-corrected chi connectivity index (χ4v) is 2.14. The van der Waals surface area contributed by atoms with Gasteiger partial charge < -0.3 is 0 Å². The highest BCUT2D eigenvalue weighted by atomic mass is 16.1. The Labute approximate surface area is 81.9 Å². The largest absolute Gasteiger partial charge is 0.299 e. The van der Waals surface area contributed by atoms with E-state index in [2.05, 4.69) is 13.8 Å². The van der Waals surface area contributed by atoms with Gasteiger partial charge in [-0.05, 0) is 25.2 Å². The van der Waals surface area contributed by atoms with Crippen molar-refractivity contribution in [2.75, 3.05) is 0 Å². The van der Waals surface area contributed by atoms with Crippen molar-refractivity contribution < 1.29 is 4.79 Å². The summed E-state index contributed by atoms with van der Waals surface area (Å²) in [5.74, 6) is 1.81. The quantitative estimate of drug-likeness (QED) is 0.649. The fraction of sp³-hybridized carbons (Fsp3) is 0.917. The van der Waals surface area contributed by atoms with Crippen molar-refractivity contribution >= 4 is 5.78 Å². The van der Waals surface area contributed by atoms with Crippen LogP contribution >= 0.6 is 0 Å². The third-order valence-corrected chi connectivity index (χ3v) is 3.25. The van der Waals surface area contributed by atoms with Crippen LogP contribution in [0.4, 0.5) is 0 Å².